The Hall–Kier alpha value is -2.61. The third-order valence-electron chi connectivity index (χ3n) is 5.14. The van der Waals surface area contributed by atoms with Crippen LogP contribution in [0.1, 0.15) is 17.2 Å². The molecular weight excluding hydrogens is 346 g/mol. The second-order valence-electron chi connectivity index (χ2n) is 6.89. The van der Waals surface area contributed by atoms with Gasteiger partial charge in [-0.2, -0.15) is 0 Å². The minimum Gasteiger partial charge on any atom is -0.493 e. The minimum atomic E-state index is -0.190. The van der Waals surface area contributed by atoms with Gasteiger partial charge in [-0.3, -0.25) is 4.79 Å². The van der Waals surface area contributed by atoms with Gasteiger partial charge in [0.05, 0.1) is 13.0 Å². The van der Waals surface area contributed by atoms with Crippen molar-refractivity contribution in [2.24, 2.45) is 5.92 Å². The normalized spacial score (nSPS) is 18.6. The number of fused-ring (bicyclic) bond motifs is 2. The number of carbonyl (C=O) groups is 1. The molecule has 2 aliphatic heterocycles. The van der Waals surface area contributed by atoms with Gasteiger partial charge in [-0.25, -0.2) is 0 Å². The van der Waals surface area contributed by atoms with E-state index in [0.717, 1.165) is 49.0 Å². The lowest BCUT2D eigenvalue weighted by Gasteiger charge is -2.25. The Balaban J connectivity index is 1.32. The predicted octanol–water partition coefficient (Wildman–Crippen LogP) is 0.342. The van der Waals surface area contributed by atoms with Crippen LogP contribution in [0.15, 0.2) is 18.2 Å². The first-order chi connectivity index (χ1) is 13.3. The zero-order chi connectivity index (χ0) is 18.6. The molecule has 0 aliphatic carbocycles. The quantitative estimate of drug-likeness (QED) is 0.788. The van der Waals surface area contributed by atoms with E-state index < -0.39 is 0 Å². The van der Waals surface area contributed by atoms with E-state index in [4.69, 9.17) is 9.47 Å². The van der Waals surface area contributed by atoms with Crippen molar-refractivity contribution in [3.63, 3.8) is 0 Å². The molecule has 27 heavy (non-hydrogen) atoms. The summed E-state index contributed by atoms with van der Waals surface area (Å²) in [5.74, 6) is 3.25. The van der Waals surface area contributed by atoms with Crippen LogP contribution in [-0.4, -0.2) is 54.0 Å². The molecule has 0 unspecified atom stereocenters. The van der Waals surface area contributed by atoms with Crippen molar-refractivity contribution in [3.05, 3.63) is 35.4 Å². The molecule has 3 heterocycles. The molecule has 2 N–H and O–H groups in total. The van der Waals surface area contributed by atoms with E-state index >= 15 is 0 Å². The summed E-state index contributed by atoms with van der Waals surface area (Å²) in [5.41, 5.74) is 1.01. The Kier molecular flexibility index (Phi) is 5.24. The molecule has 0 saturated carbocycles. The maximum absolute atomic E-state index is 12.6. The Morgan fingerprint density at radius 2 is 2.33 bits per heavy atom. The average molecular weight is 371 g/mol. The molecule has 1 aromatic carbocycles. The fourth-order valence-corrected chi connectivity index (χ4v) is 3.68. The summed E-state index contributed by atoms with van der Waals surface area (Å²) < 4.78 is 13.3. The molecule has 2 aromatic rings. The number of amides is 1. The minimum absolute atomic E-state index is 0.0146. The molecule has 0 bridgehead atoms. The van der Waals surface area contributed by atoms with Gasteiger partial charge in [-0.1, -0.05) is 12.1 Å². The largest absolute Gasteiger partial charge is 0.493 e. The summed E-state index contributed by atoms with van der Waals surface area (Å²) in [7, 11) is 1.62. The molecule has 0 radical (unpaired) electrons. The van der Waals surface area contributed by atoms with Gasteiger partial charge in [0.1, 0.15) is 18.3 Å². The summed E-state index contributed by atoms with van der Waals surface area (Å²) >= 11 is 0. The van der Waals surface area contributed by atoms with Crippen LogP contribution >= 0.6 is 0 Å². The molecule has 1 atom stereocenters. The summed E-state index contributed by atoms with van der Waals surface area (Å²) in [5, 5.41) is 15.0. The Labute approximate surface area is 158 Å². The van der Waals surface area contributed by atoms with Crippen LogP contribution in [0.4, 0.5) is 0 Å². The predicted molar refractivity (Wildman–Crippen MR) is 99.0 cm³/mol. The smallest absolute Gasteiger partial charge is 0.226 e. The second kappa shape index (κ2) is 7.96. The number of benzene rings is 1. The van der Waals surface area contributed by atoms with Gasteiger partial charge < -0.3 is 24.7 Å². The van der Waals surface area contributed by atoms with E-state index in [0.29, 0.717) is 31.7 Å². The first kappa shape index (κ1) is 17.8. The molecule has 4 rings (SSSR count). The molecule has 0 spiro atoms. The number of hydrogen-bond acceptors (Lipinski definition) is 6. The zero-order valence-corrected chi connectivity index (χ0v) is 15.5. The molecule has 1 aromatic heterocycles. The van der Waals surface area contributed by atoms with Gasteiger partial charge in [0.15, 0.2) is 11.5 Å². The molecule has 0 fully saturated rings. The summed E-state index contributed by atoms with van der Waals surface area (Å²) in [6.07, 6.45) is 2.22. The van der Waals surface area contributed by atoms with Crippen molar-refractivity contribution in [2.45, 2.75) is 25.8 Å². The number of ether oxygens (including phenoxy) is 2. The third-order valence-corrected chi connectivity index (χ3v) is 5.14. The standard InChI is InChI=1S/C19H25N5O3/c1-26-15-4-2-3-13-11-14(12-27-18(13)15)19(25)21-8-6-17-23-22-16-5-7-20-9-10-24(16)17/h2-4,14,20H,5-12H2,1H3,(H,21,25)/t14-/m0/s1. The van der Waals surface area contributed by atoms with Crippen molar-refractivity contribution in [1.82, 2.24) is 25.4 Å². The topological polar surface area (TPSA) is 90.3 Å². The molecule has 1 amide bonds. The number of nitrogens with one attached hydrogen (secondary N) is 2. The first-order valence-corrected chi connectivity index (χ1v) is 9.44. The highest BCUT2D eigenvalue weighted by atomic mass is 16.5. The lowest BCUT2D eigenvalue weighted by Crippen LogP contribution is -2.38. The van der Waals surface area contributed by atoms with Gasteiger partial charge in [-0.05, 0) is 18.1 Å². The van der Waals surface area contributed by atoms with Crippen LogP contribution in [0.25, 0.3) is 0 Å². The van der Waals surface area contributed by atoms with E-state index in [1.807, 2.05) is 18.2 Å². The highest BCUT2D eigenvalue weighted by Crippen LogP contribution is 2.35. The molecular formula is C19H25N5O3. The maximum Gasteiger partial charge on any atom is 0.226 e. The number of para-hydroxylation sites is 1. The molecule has 2 aliphatic rings. The van der Waals surface area contributed by atoms with E-state index in [2.05, 4.69) is 25.4 Å². The van der Waals surface area contributed by atoms with Crippen LogP contribution in [0.5, 0.6) is 11.5 Å². The molecule has 8 heteroatoms. The van der Waals surface area contributed by atoms with Crippen molar-refractivity contribution in [1.29, 1.82) is 0 Å². The number of nitrogens with zero attached hydrogens (tertiary/aromatic N) is 3. The van der Waals surface area contributed by atoms with E-state index in [1.165, 1.54) is 0 Å². The van der Waals surface area contributed by atoms with Crippen molar-refractivity contribution in [2.75, 3.05) is 33.4 Å². The Morgan fingerprint density at radius 1 is 1.41 bits per heavy atom. The summed E-state index contributed by atoms with van der Waals surface area (Å²) in [4.78, 5) is 12.6. The fourth-order valence-electron chi connectivity index (χ4n) is 3.68. The van der Waals surface area contributed by atoms with Gasteiger partial charge in [0, 0.05) is 39.0 Å². The molecule has 0 saturated heterocycles. The lowest BCUT2D eigenvalue weighted by atomic mass is 9.95. The highest BCUT2D eigenvalue weighted by Gasteiger charge is 2.27. The average Bonchev–Trinajstić information content (AvgIpc) is 2.93. The van der Waals surface area contributed by atoms with Gasteiger partial charge >= 0.3 is 0 Å². The number of methoxy groups -OCH3 is 1. The van der Waals surface area contributed by atoms with Crippen LogP contribution in [0, 0.1) is 5.92 Å². The number of carbonyl (C=O) groups excluding carboxylic acids is 1. The SMILES string of the molecule is COc1cccc2c1OC[C@@H](C(=O)NCCc1nnc3n1CCNCC3)C2. The molecule has 144 valence electrons. The van der Waals surface area contributed by atoms with Gasteiger partial charge in [-0.15, -0.1) is 10.2 Å². The van der Waals surface area contributed by atoms with E-state index in [1.54, 1.807) is 7.11 Å². The number of aromatic nitrogens is 3. The van der Waals surface area contributed by atoms with E-state index in [9.17, 15) is 4.79 Å². The zero-order valence-electron chi connectivity index (χ0n) is 15.5. The maximum atomic E-state index is 12.6. The van der Waals surface area contributed by atoms with Gasteiger partial charge in [0.25, 0.3) is 0 Å². The lowest BCUT2D eigenvalue weighted by molar-refractivity contribution is -0.126. The first-order valence-electron chi connectivity index (χ1n) is 9.44. The van der Waals surface area contributed by atoms with Crippen LogP contribution in [-0.2, 0) is 30.6 Å². The van der Waals surface area contributed by atoms with Crippen molar-refractivity contribution < 1.29 is 14.3 Å². The van der Waals surface area contributed by atoms with Crippen molar-refractivity contribution >= 4 is 5.91 Å². The monoisotopic (exact) mass is 371 g/mol. The molecule has 8 nitrogen and oxygen atoms in total. The fraction of sp³-hybridized carbons (Fsp3) is 0.526. The third kappa shape index (κ3) is 3.75. The van der Waals surface area contributed by atoms with Crippen LogP contribution < -0.4 is 20.1 Å². The Morgan fingerprint density at radius 3 is 3.22 bits per heavy atom. The summed E-state index contributed by atoms with van der Waals surface area (Å²) in [6.45, 7) is 3.65. The number of hydrogen-bond donors (Lipinski definition) is 2. The number of rotatable bonds is 5. The second-order valence-corrected chi connectivity index (χ2v) is 6.89. The summed E-state index contributed by atoms with van der Waals surface area (Å²) in [6, 6.07) is 5.78. The van der Waals surface area contributed by atoms with Crippen molar-refractivity contribution in [3.8, 4) is 11.5 Å². The Bertz CT molecular complexity index is 820. The van der Waals surface area contributed by atoms with Gasteiger partial charge in [0.2, 0.25) is 5.91 Å². The highest BCUT2D eigenvalue weighted by molar-refractivity contribution is 5.79. The van der Waals surface area contributed by atoms with E-state index in [-0.39, 0.29) is 11.8 Å². The van der Waals surface area contributed by atoms with Crippen LogP contribution in [0.3, 0.4) is 0 Å². The van der Waals surface area contributed by atoms with Crippen LogP contribution in [0.2, 0.25) is 0 Å².